The molecule has 0 aliphatic carbocycles. The average Bonchev–Trinajstić information content (AvgIpc) is 2.69. The van der Waals surface area contributed by atoms with Gasteiger partial charge in [0, 0.05) is 5.56 Å². The van der Waals surface area contributed by atoms with Crippen LogP contribution in [0.5, 0.6) is 5.75 Å². The van der Waals surface area contributed by atoms with Crippen molar-refractivity contribution < 1.29 is 39.9 Å². The maximum Gasteiger partial charge on any atom is 0.412 e. The summed E-state index contributed by atoms with van der Waals surface area (Å²) in [6.07, 6.45) is -3.70. The number of rotatable bonds is 6. The van der Waals surface area contributed by atoms with E-state index in [-0.39, 0.29) is 23.5 Å². The van der Waals surface area contributed by atoms with Crippen molar-refractivity contribution in [2.45, 2.75) is 25.9 Å². The maximum atomic E-state index is 14.7. The van der Waals surface area contributed by atoms with Crippen molar-refractivity contribution in [2.24, 2.45) is 0 Å². The summed E-state index contributed by atoms with van der Waals surface area (Å²) in [6, 6.07) is 6.95. The average molecular weight is 472 g/mol. The van der Waals surface area contributed by atoms with E-state index in [9.17, 15) is 35.1 Å². The van der Waals surface area contributed by atoms with Crippen LogP contribution in [0.2, 0.25) is 0 Å². The van der Waals surface area contributed by atoms with Crippen molar-refractivity contribution in [3.63, 3.8) is 0 Å². The first-order chi connectivity index (χ1) is 15.5. The zero-order chi connectivity index (χ0) is 24.3. The smallest absolute Gasteiger partial charge is 0.412 e. The SMILES string of the molecule is CCCc1ccc(-c2cc(F)c(-c3cc(F)c(O/C=C/C(F)(F)F)c(F)c3)c(F)c2)c(F)c1. The van der Waals surface area contributed by atoms with Crippen LogP contribution in [0.4, 0.5) is 35.1 Å². The lowest BCUT2D eigenvalue weighted by Gasteiger charge is -2.12. The summed E-state index contributed by atoms with van der Waals surface area (Å²) in [6.45, 7) is 1.92. The van der Waals surface area contributed by atoms with Gasteiger partial charge in [0.1, 0.15) is 17.5 Å². The molecule has 174 valence electrons. The second-order valence-electron chi connectivity index (χ2n) is 7.11. The Morgan fingerprint density at radius 3 is 1.85 bits per heavy atom. The summed E-state index contributed by atoms with van der Waals surface area (Å²) >= 11 is 0. The Morgan fingerprint density at radius 2 is 1.33 bits per heavy atom. The highest BCUT2D eigenvalue weighted by Gasteiger charge is 2.23. The molecule has 0 saturated heterocycles. The van der Waals surface area contributed by atoms with Gasteiger partial charge in [0.2, 0.25) is 0 Å². The second kappa shape index (κ2) is 9.64. The van der Waals surface area contributed by atoms with Crippen LogP contribution in [-0.4, -0.2) is 6.18 Å². The number of benzene rings is 3. The van der Waals surface area contributed by atoms with Gasteiger partial charge in [-0.15, -0.1) is 0 Å². The van der Waals surface area contributed by atoms with Gasteiger partial charge in [-0.3, -0.25) is 0 Å². The highest BCUT2D eigenvalue weighted by molar-refractivity contribution is 5.72. The number of alkyl halides is 3. The van der Waals surface area contributed by atoms with Gasteiger partial charge in [0.15, 0.2) is 17.4 Å². The van der Waals surface area contributed by atoms with Crippen molar-refractivity contribution in [3.05, 3.63) is 89.5 Å². The first-order valence-corrected chi connectivity index (χ1v) is 9.68. The largest absolute Gasteiger partial charge is 0.459 e. The van der Waals surface area contributed by atoms with Crippen molar-refractivity contribution in [1.29, 1.82) is 0 Å². The normalized spacial score (nSPS) is 11.9. The van der Waals surface area contributed by atoms with E-state index in [1.54, 1.807) is 6.07 Å². The molecule has 0 unspecified atom stereocenters. The predicted molar refractivity (Wildman–Crippen MR) is 107 cm³/mol. The lowest BCUT2D eigenvalue weighted by Crippen LogP contribution is -2.02. The van der Waals surface area contributed by atoms with E-state index in [0.717, 1.165) is 24.1 Å². The van der Waals surface area contributed by atoms with Crippen molar-refractivity contribution in [3.8, 4) is 28.0 Å². The zero-order valence-electron chi connectivity index (χ0n) is 17.0. The topological polar surface area (TPSA) is 9.23 Å². The second-order valence-corrected chi connectivity index (χ2v) is 7.11. The van der Waals surface area contributed by atoms with E-state index in [1.807, 2.05) is 6.92 Å². The van der Waals surface area contributed by atoms with Crippen molar-refractivity contribution in [1.82, 2.24) is 0 Å². The molecular weight excluding hydrogens is 456 g/mol. The van der Waals surface area contributed by atoms with Crippen LogP contribution in [0, 0.1) is 29.1 Å². The molecule has 0 saturated carbocycles. The molecule has 0 aliphatic rings. The fourth-order valence-electron chi connectivity index (χ4n) is 3.24. The summed E-state index contributed by atoms with van der Waals surface area (Å²) in [4.78, 5) is 0. The van der Waals surface area contributed by atoms with Crippen LogP contribution >= 0.6 is 0 Å². The van der Waals surface area contributed by atoms with Crippen LogP contribution < -0.4 is 4.74 Å². The Labute approximate surface area is 183 Å². The fourth-order valence-corrected chi connectivity index (χ4v) is 3.24. The third-order valence-corrected chi connectivity index (χ3v) is 4.66. The minimum absolute atomic E-state index is 0.0391. The van der Waals surface area contributed by atoms with Crippen LogP contribution in [0.25, 0.3) is 22.3 Å². The molecule has 0 radical (unpaired) electrons. The van der Waals surface area contributed by atoms with Crippen LogP contribution in [0.1, 0.15) is 18.9 Å². The Balaban J connectivity index is 1.97. The highest BCUT2D eigenvalue weighted by Crippen LogP contribution is 2.35. The molecule has 0 bridgehead atoms. The number of allylic oxidation sites excluding steroid dienone is 1. The number of ether oxygens (including phenoxy) is 1. The van der Waals surface area contributed by atoms with Gasteiger partial charge >= 0.3 is 6.18 Å². The van der Waals surface area contributed by atoms with E-state index >= 15 is 0 Å². The van der Waals surface area contributed by atoms with E-state index in [1.165, 1.54) is 12.1 Å². The number of aryl methyl sites for hydroxylation is 1. The van der Waals surface area contributed by atoms with Crippen molar-refractivity contribution in [2.75, 3.05) is 0 Å². The van der Waals surface area contributed by atoms with Gasteiger partial charge < -0.3 is 4.74 Å². The van der Waals surface area contributed by atoms with Gasteiger partial charge in [-0.2, -0.15) is 13.2 Å². The summed E-state index contributed by atoms with van der Waals surface area (Å²) in [5, 5.41) is 0. The highest BCUT2D eigenvalue weighted by atomic mass is 19.4. The molecule has 0 N–H and O–H groups in total. The van der Waals surface area contributed by atoms with Gasteiger partial charge in [-0.25, -0.2) is 22.0 Å². The molecule has 0 spiro atoms. The Hall–Kier alpha value is -3.36. The maximum absolute atomic E-state index is 14.7. The van der Waals surface area contributed by atoms with Crippen molar-refractivity contribution >= 4 is 0 Å². The molecule has 0 atom stereocenters. The molecule has 33 heavy (non-hydrogen) atoms. The molecule has 0 amide bonds. The Bertz CT molecular complexity index is 1150. The number of halogens is 8. The summed E-state index contributed by atoms with van der Waals surface area (Å²) in [5.74, 6) is -7.24. The van der Waals surface area contributed by atoms with E-state index < -0.39 is 52.1 Å². The first kappa shape index (κ1) is 24.3. The molecule has 3 aromatic rings. The third-order valence-electron chi connectivity index (χ3n) is 4.66. The minimum atomic E-state index is -4.77. The minimum Gasteiger partial charge on any atom is -0.459 e. The zero-order valence-corrected chi connectivity index (χ0v) is 17.0. The summed E-state index contributed by atoms with van der Waals surface area (Å²) < 4.78 is 113. The monoisotopic (exact) mass is 472 g/mol. The van der Waals surface area contributed by atoms with E-state index in [2.05, 4.69) is 4.74 Å². The van der Waals surface area contributed by atoms with Crippen LogP contribution in [-0.2, 0) is 6.42 Å². The van der Waals surface area contributed by atoms with Gasteiger partial charge in [-0.05, 0) is 53.4 Å². The van der Waals surface area contributed by atoms with Gasteiger partial charge in [0.05, 0.1) is 17.9 Å². The fraction of sp³-hybridized carbons (Fsp3) is 0.167. The van der Waals surface area contributed by atoms with Crippen LogP contribution in [0.15, 0.2) is 54.8 Å². The lowest BCUT2D eigenvalue weighted by atomic mass is 9.97. The van der Waals surface area contributed by atoms with E-state index in [0.29, 0.717) is 18.6 Å². The Kier molecular flexibility index (Phi) is 7.09. The first-order valence-electron chi connectivity index (χ1n) is 9.68. The predicted octanol–water partition coefficient (Wildman–Crippen LogP) is 8.12. The number of hydrogen-bond donors (Lipinski definition) is 0. The lowest BCUT2D eigenvalue weighted by molar-refractivity contribution is -0.0809. The summed E-state index contributed by atoms with van der Waals surface area (Å²) in [5.41, 5.74) is -0.812. The molecule has 3 aromatic carbocycles. The molecule has 0 fully saturated rings. The molecule has 9 heteroatoms. The molecule has 3 rings (SSSR count). The quantitative estimate of drug-likeness (QED) is 0.260. The molecule has 0 aliphatic heterocycles. The third kappa shape index (κ3) is 5.71. The molecular formula is C24H16F8O. The number of hydrogen-bond acceptors (Lipinski definition) is 1. The molecule has 0 heterocycles. The summed E-state index contributed by atoms with van der Waals surface area (Å²) in [7, 11) is 0. The standard InChI is InChI=1S/C24H16F8O/c1-2-3-13-4-5-16(17(25)8-13)14-9-18(26)22(19(27)10-14)15-11-20(28)23(21(29)12-15)33-7-6-24(30,31)32/h4-12H,2-3H2,1H3/b7-6+. The molecule has 1 nitrogen and oxygen atoms in total. The Morgan fingerprint density at radius 1 is 0.758 bits per heavy atom. The van der Waals surface area contributed by atoms with Gasteiger partial charge in [0.25, 0.3) is 0 Å². The van der Waals surface area contributed by atoms with Crippen LogP contribution in [0.3, 0.4) is 0 Å². The molecule has 0 aromatic heterocycles. The van der Waals surface area contributed by atoms with Gasteiger partial charge in [-0.1, -0.05) is 25.5 Å². The van der Waals surface area contributed by atoms with E-state index in [4.69, 9.17) is 0 Å².